The number of carbonyl (C=O) groups is 1. The summed E-state index contributed by atoms with van der Waals surface area (Å²) in [5, 5.41) is 6.78. The van der Waals surface area contributed by atoms with Crippen molar-refractivity contribution in [3.8, 4) is 11.4 Å². The lowest BCUT2D eigenvalue weighted by atomic mass is 10.1. The SMILES string of the molecule is Cc1ccccc1-c1noc(CCNC(=O)Cc2ccc(F)cc2)n1. The van der Waals surface area contributed by atoms with Crippen molar-refractivity contribution in [2.45, 2.75) is 19.8 Å². The minimum Gasteiger partial charge on any atom is -0.355 e. The molecule has 0 aliphatic rings. The average molecular weight is 339 g/mol. The zero-order valence-corrected chi connectivity index (χ0v) is 13.8. The fourth-order valence-electron chi connectivity index (χ4n) is 2.45. The lowest BCUT2D eigenvalue weighted by Gasteiger charge is -2.03. The van der Waals surface area contributed by atoms with Crippen molar-refractivity contribution in [2.24, 2.45) is 0 Å². The molecule has 0 unspecified atom stereocenters. The van der Waals surface area contributed by atoms with E-state index in [1.807, 2.05) is 31.2 Å². The van der Waals surface area contributed by atoms with Crippen molar-refractivity contribution in [1.82, 2.24) is 15.5 Å². The van der Waals surface area contributed by atoms with Crippen molar-refractivity contribution < 1.29 is 13.7 Å². The molecule has 1 aromatic heterocycles. The molecule has 0 fully saturated rings. The second kappa shape index (κ2) is 7.70. The fourth-order valence-corrected chi connectivity index (χ4v) is 2.45. The summed E-state index contributed by atoms with van der Waals surface area (Å²) in [6.45, 7) is 2.39. The molecule has 0 bridgehead atoms. The predicted molar refractivity (Wildman–Crippen MR) is 91.3 cm³/mol. The number of benzene rings is 2. The third-order valence-electron chi connectivity index (χ3n) is 3.79. The van der Waals surface area contributed by atoms with Gasteiger partial charge in [0.15, 0.2) is 0 Å². The van der Waals surface area contributed by atoms with E-state index >= 15 is 0 Å². The highest BCUT2D eigenvalue weighted by molar-refractivity contribution is 5.78. The summed E-state index contributed by atoms with van der Waals surface area (Å²) >= 11 is 0. The maximum Gasteiger partial charge on any atom is 0.228 e. The minimum atomic E-state index is -0.315. The molecule has 0 aliphatic heterocycles. The van der Waals surface area contributed by atoms with Crippen LogP contribution < -0.4 is 5.32 Å². The van der Waals surface area contributed by atoms with E-state index in [1.165, 1.54) is 12.1 Å². The van der Waals surface area contributed by atoms with Gasteiger partial charge < -0.3 is 9.84 Å². The normalized spacial score (nSPS) is 10.6. The average Bonchev–Trinajstić information content (AvgIpc) is 3.06. The van der Waals surface area contributed by atoms with Gasteiger partial charge in [0.25, 0.3) is 0 Å². The number of nitrogens with zero attached hydrogens (tertiary/aromatic N) is 2. The van der Waals surface area contributed by atoms with Crippen LogP contribution in [0, 0.1) is 12.7 Å². The Labute approximate surface area is 144 Å². The molecule has 2 aromatic carbocycles. The quantitative estimate of drug-likeness (QED) is 0.749. The van der Waals surface area contributed by atoms with Crippen LogP contribution in [0.2, 0.25) is 0 Å². The first kappa shape index (κ1) is 16.8. The summed E-state index contributed by atoms with van der Waals surface area (Å²) in [7, 11) is 0. The summed E-state index contributed by atoms with van der Waals surface area (Å²) in [6.07, 6.45) is 0.659. The van der Waals surface area contributed by atoms with Gasteiger partial charge in [0.05, 0.1) is 6.42 Å². The number of aromatic nitrogens is 2. The van der Waals surface area contributed by atoms with E-state index in [0.29, 0.717) is 24.7 Å². The van der Waals surface area contributed by atoms with Crippen molar-refractivity contribution in [1.29, 1.82) is 0 Å². The first-order valence-corrected chi connectivity index (χ1v) is 8.01. The van der Waals surface area contributed by atoms with Gasteiger partial charge in [-0.15, -0.1) is 0 Å². The fraction of sp³-hybridized carbons (Fsp3) is 0.211. The van der Waals surface area contributed by atoms with Crippen LogP contribution in [0.5, 0.6) is 0 Å². The van der Waals surface area contributed by atoms with Gasteiger partial charge in [-0.2, -0.15) is 4.98 Å². The number of aryl methyl sites for hydroxylation is 1. The zero-order chi connectivity index (χ0) is 17.6. The van der Waals surface area contributed by atoms with E-state index in [2.05, 4.69) is 15.5 Å². The number of hydrogen-bond donors (Lipinski definition) is 1. The molecule has 0 radical (unpaired) electrons. The van der Waals surface area contributed by atoms with Crippen LogP contribution in [0.15, 0.2) is 53.1 Å². The number of hydrogen-bond acceptors (Lipinski definition) is 4. The smallest absolute Gasteiger partial charge is 0.228 e. The van der Waals surface area contributed by atoms with Crippen molar-refractivity contribution in [3.05, 3.63) is 71.4 Å². The highest BCUT2D eigenvalue weighted by Gasteiger charge is 2.11. The maximum absolute atomic E-state index is 12.8. The molecule has 0 atom stereocenters. The van der Waals surface area contributed by atoms with Crippen LogP contribution in [0.4, 0.5) is 4.39 Å². The molecule has 1 N–H and O–H groups in total. The van der Waals surface area contributed by atoms with Crippen molar-refractivity contribution >= 4 is 5.91 Å². The van der Waals surface area contributed by atoms with E-state index in [1.54, 1.807) is 12.1 Å². The molecule has 0 saturated heterocycles. The minimum absolute atomic E-state index is 0.134. The first-order chi connectivity index (χ1) is 12.1. The Morgan fingerprint density at radius 3 is 2.68 bits per heavy atom. The van der Waals surface area contributed by atoms with Crippen LogP contribution in [0.1, 0.15) is 17.0 Å². The molecule has 0 aliphatic carbocycles. The van der Waals surface area contributed by atoms with Gasteiger partial charge in [-0.3, -0.25) is 4.79 Å². The van der Waals surface area contributed by atoms with Gasteiger partial charge in [0.2, 0.25) is 17.6 Å². The Hall–Kier alpha value is -3.02. The monoisotopic (exact) mass is 339 g/mol. The Morgan fingerprint density at radius 1 is 1.16 bits per heavy atom. The van der Waals surface area contributed by atoms with Gasteiger partial charge in [0, 0.05) is 18.5 Å². The van der Waals surface area contributed by atoms with Gasteiger partial charge in [-0.25, -0.2) is 4.39 Å². The molecule has 25 heavy (non-hydrogen) atoms. The summed E-state index contributed by atoms with van der Waals surface area (Å²) in [4.78, 5) is 16.2. The Morgan fingerprint density at radius 2 is 1.92 bits per heavy atom. The first-order valence-electron chi connectivity index (χ1n) is 8.01. The second-order valence-electron chi connectivity index (χ2n) is 5.73. The highest BCUT2D eigenvalue weighted by Crippen LogP contribution is 2.19. The molecule has 5 nitrogen and oxygen atoms in total. The van der Waals surface area contributed by atoms with Gasteiger partial charge >= 0.3 is 0 Å². The standard InChI is InChI=1S/C19H18FN3O2/c1-13-4-2-3-5-16(13)19-22-18(25-23-19)10-11-21-17(24)12-14-6-8-15(20)9-7-14/h2-9H,10-12H2,1H3,(H,21,24). The number of nitrogens with one attached hydrogen (secondary N) is 1. The van der Waals surface area contributed by atoms with Crippen LogP contribution >= 0.6 is 0 Å². The Kier molecular flexibility index (Phi) is 5.18. The van der Waals surface area contributed by atoms with Crippen LogP contribution in [0.25, 0.3) is 11.4 Å². The van der Waals surface area contributed by atoms with Crippen LogP contribution in [-0.4, -0.2) is 22.6 Å². The molecule has 128 valence electrons. The van der Waals surface area contributed by atoms with E-state index in [-0.39, 0.29) is 18.1 Å². The molecular weight excluding hydrogens is 321 g/mol. The topological polar surface area (TPSA) is 68.0 Å². The molecule has 0 saturated carbocycles. The molecule has 6 heteroatoms. The van der Waals surface area contributed by atoms with Gasteiger partial charge in [0.1, 0.15) is 5.82 Å². The Bertz CT molecular complexity index is 859. The Balaban J connectivity index is 1.50. The summed E-state index contributed by atoms with van der Waals surface area (Å²) in [5.41, 5.74) is 2.76. The van der Waals surface area contributed by atoms with E-state index in [4.69, 9.17) is 4.52 Å². The van der Waals surface area contributed by atoms with Gasteiger partial charge in [-0.1, -0.05) is 41.6 Å². The lowest BCUT2D eigenvalue weighted by Crippen LogP contribution is -2.27. The predicted octanol–water partition coefficient (Wildman–Crippen LogP) is 3.09. The number of halogens is 1. The number of amides is 1. The number of carbonyl (C=O) groups excluding carboxylic acids is 1. The molecule has 1 amide bonds. The zero-order valence-electron chi connectivity index (χ0n) is 13.8. The second-order valence-corrected chi connectivity index (χ2v) is 5.73. The third kappa shape index (κ3) is 4.50. The molecule has 3 rings (SSSR count). The van der Waals surface area contributed by atoms with Crippen LogP contribution in [0.3, 0.4) is 0 Å². The van der Waals surface area contributed by atoms with Crippen molar-refractivity contribution in [3.63, 3.8) is 0 Å². The van der Waals surface area contributed by atoms with Gasteiger partial charge in [-0.05, 0) is 30.2 Å². The lowest BCUT2D eigenvalue weighted by molar-refractivity contribution is -0.120. The molecule has 1 heterocycles. The molecule has 0 spiro atoms. The van der Waals surface area contributed by atoms with E-state index < -0.39 is 0 Å². The van der Waals surface area contributed by atoms with Crippen LogP contribution in [-0.2, 0) is 17.6 Å². The van der Waals surface area contributed by atoms with E-state index in [0.717, 1.165) is 16.7 Å². The summed E-state index contributed by atoms with van der Waals surface area (Å²) in [5.74, 6) is 0.571. The maximum atomic E-state index is 12.8. The summed E-state index contributed by atoms with van der Waals surface area (Å²) < 4.78 is 18.1. The highest BCUT2D eigenvalue weighted by atomic mass is 19.1. The van der Waals surface area contributed by atoms with E-state index in [9.17, 15) is 9.18 Å². The largest absolute Gasteiger partial charge is 0.355 e. The number of rotatable bonds is 6. The molecule has 3 aromatic rings. The van der Waals surface area contributed by atoms with Crippen molar-refractivity contribution in [2.75, 3.05) is 6.54 Å². The third-order valence-corrected chi connectivity index (χ3v) is 3.79. The molecular formula is C19H18FN3O2. The summed E-state index contributed by atoms with van der Waals surface area (Å²) in [6, 6.07) is 13.7.